The number of urea groups is 1. The molecule has 7 heteroatoms. The van der Waals surface area contributed by atoms with Gasteiger partial charge >= 0.3 is 6.03 Å². The summed E-state index contributed by atoms with van der Waals surface area (Å²) in [6.07, 6.45) is 3.95. The van der Waals surface area contributed by atoms with Crippen LogP contribution in [0, 0.1) is 24.7 Å². The fraction of sp³-hybridized carbons (Fsp3) is 0.423. The number of carbonyl (C=O) groups excluding carboxylic acids is 3. The number of benzene rings is 1. The molecule has 7 nitrogen and oxygen atoms in total. The fourth-order valence-corrected chi connectivity index (χ4v) is 4.89. The van der Waals surface area contributed by atoms with Crippen molar-refractivity contribution in [1.29, 1.82) is 0 Å². The maximum absolute atomic E-state index is 13.6. The Balaban J connectivity index is 1.53. The van der Waals surface area contributed by atoms with Crippen LogP contribution in [0.4, 0.5) is 4.79 Å². The van der Waals surface area contributed by atoms with Crippen LogP contribution in [0.25, 0.3) is 0 Å². The van der Waals surface area contributed by atoms with E-state index in [2.05, 4.69) is 17.2 Å². The van der Waals surface area contributed by atoms with Crippen LogP contribution < -0.4 is 5.32 Å². The first-order valence-electron chi connectivity index (χ1n) is 11.4. The van der Waals surface area contributed by atoms with Crippen molar-refractivity contribution in [3.8, 4) is 11.8 Å². The molecule has 0 spiro atoms. The van der Waals surface area contributed by atoms with E-state index in [1.807, 2.05) is 37.3 Å². The summed E-state index contributed by atoms with van der Waals surface area (Å²) in [7, 11) is 0. The van der Waals surface area contributed by atoms with E-state index in [0.717, 1.165) is 11.1 Å². The number of aryl methyl sites for hydroxylation is 2. The number of likely N-dealkylation sites (tertiary alicyclic amines) is 1. The van der Waals surface area contributed by atoms with Crippen molar-refractivity contribution in [3.05, 3.63) is 59.5 Å². The Kier molecular flexibility index (Phi) is 6.55. The van der Waals surface area contributed by atoms with E-state index in [-0.39, 0.29) is 30.3 Å². The van der Waals surface area contributed by atoms with Crippen molar-refractivity contribution in [2.45, 2.75) is 45.1 Å². The van der Waals surface area contributed by atoms with Gasteiger partial charge in [-0.3, -0.25) is 14.5 Å². The van der Waals surface area contributed by atoms with Crippen molar-refractivity contribution < 1.29 is 18.8 Å². The highest BCUT2D eigenvalue weighted by atomic mass is 16.3. The fourth-order valence-electron chi connectivity index (χ4n) is 4.89. The third-order valence-corrected chi connectivity index (χ3v) is 6.80. The Hall–Kier alpha value is -3.53. The predicted molar refractivity (Wildman–Crippen MR) is 123 cm³/mol. The second-order valence-corrected chi connectivity index (χ2v) is 8.70. The molecule has 2 aliphatic heterocycles. The largest absolute Gasteiger partial charge is 0.459 e. The summed E-state index contributed by atoms with van der Waals surface area (Å²) in [6.45, 7) is 4.64. The van der Waals surface area contributed by atoms with E-state index in [1.54, 1.807) is 17.9 Å². The average molecular weight is 448 g/mol. The van der Waals surface area contributed by atoms with Gasteiger partial charge in [0.05, 0.1) is 12.8 Å². The standard InChI is InChI=1S/C26H29N3O4/c1-3-4-15-29-24(31)26(27-25(29)32,14-10-20-8-6-5-7-9-20)21-11-16-28(17-12-21)23(30)22-19(2)13-18-33-22/h5-9,13,18,21H,10-12,14-17H2,1-2H3,(H,27,32)/t26-/m1/s1. The zero-order valence-electron chi connectivity index (χ0n) is 19.1. The van der Waals surface area contributed by atoms with Crippen LogP contribution >= 0.6 is 0 Å². The van der Waals surface area contributed by atoms with Crippen molar-refractivity contribution in [3.63, 3.8) is 0 Å². The molecular formula is C26H29N3O4. The molecule has 0 aliphatic carbocycles. The van der Waals surface area contributed by atoms with E-state index in [0.29, 0.717) is 44.5 Å². The number of rotatable bonds is 6. The molecule has 1 N–H and O–H groups in total. The van der Waals surface area contributed by atoms with Gasteiger partial charge in [0.2, 0.25) is 0 Å². The Morgan fingerprint density at radius 1 is 1.18 bits per heavy atom. The monoisotopic (exact) mass is 447 g/mol. The molecule has 0 saturated carbocycles. The number of nitrogens with one attached hydrogen (secondary N) is 1. The van der Waals surface area contributed by atoms with Crippen LogP contribution in [0.2, 0.25) is 0 Å². The van der Waals surface area contributed by atoms with Crippen molar-refractivity contribution in [2.24, 2.45) is 5.92 Å². The van der Waals surface area contributed by atoms with E-state index in [1.165, 1.54) is 11.2 Å². The lowest BCUT2D eigenvalue weighted by molar-refractivity contribution is -0.133. The van der Waals surface area contributed by atoms with Crippen LogP contribution in [0.3, 0.4) is 0 Å². The first-order valence-corrected chi connectivity index (χ1v) is 11.4. The zero-order chi connectivity index (χ0) is 23.4. The first-order chi connectivity index (χ1) is 16.0. The molecule has 4 amide bonds. The molecule has 0 radical (unpaired) electrons. The number of amides is 4. The summed E-state index contributed by atoms with van der Waals surface area (Å²) >= 11 is 0. The predicted octanol–water partition coefficient (Wildman–Crippen LogP) is 3.39. The number of piperidine rings is 1. The number of hydrogen-bond donors (Lipinski definition) is 1. The quantitative estimate of drug-likeness (QED) is 0.544. The molecule has 0 bridgehead atoms. The third kappa shape index (κ3) is 4.38. The highest BCUT2D eigenvalue weighted by molar-refractivity contribution is 6.07. The molecule has 2 fully saturated rings. The summed E-state index contributed by atoms with van der Waals surface area (Å²) in [5.74, 6) is 5.55. The first kappa shape index (κ1) is 22.7. The van der Waals surface area contributed by atoms with Gasteiger partial charge < -0.3 is 14.6 Å². The van der Waals surface area contributed by atoms with Crippen LogP contribution in [-0.4, -0.2) is 52.8 Å². The molecule has 3 heterocycles. The maximum atomic E-state index is 13.6. The van der Waals surface area contributed by atoms with Gasteiger partial charge in [0.25, 0.3) is 11.8 Å². The summed E-state index contributed by atoms with van der Waals surface area (Å²) in [6, 6.07) is 11.4. The minimum Gasteiger partial charge on any atom is -0.459 e. The normalized spacial score (nSPS) is 21.0. The Morgan fingerprint density at radius 2 is 1.91 bits per heavy atom. The average Bonchev–Trinajstić information content (AvgIpc) is 3.37. The lowest BCUT2D eigenvalue weighted by atomic mass is 9.74. The number of hydrogen-bond acceptors (Lipinski definition) is 4. The summed E-state index contributed by atoms with van der Waals surface area (Å²) in [5.41, 5.74) is 0.942. The van der Waals surface area contributed by atoms with Crippen molar-refractivity contribution in [1.82, 2.24) is 15.1 Å². The summed E-state index contributed by atoms with van der Waals surface area (Å²) in [4.78, 5) is 42.2. The lowest BCUT2D eigenvalue weighted by Gasteiger charge is -2.41. The van der Waals surface area contributed by atoms with Crippen LogP contribution in [-0.2, 0) is 11.2 Å². The summed E-state index contributed by atoms with van der Waals surface area (Å²) in [5, 5.41) is 3.04. The van der Waals surface area contributed by atoms with E-state index in [9.17, 15) is 14.4 Å². The Labute approximate surface area is 194 Å². The van der Waals surface area contributed by atoms with Crippen molar-refractivity contribution in [2.75, 3.05) is 19.6 Å². The summed E-state index contributed by atoms with van der Waals surface area (Å²) < 4.78 is 5.37. The lowest BCUT2D eigenvalue weighted by Crippen LogP contribution is -2.57. The van der Waals surface area contributed by atoms with Gasteiger partial charge in [-0.1, -0.05) is 36.3 Å². The molecule has 1 aromatic heterocycles. The van der Waals surface area contributed by atoms with Gasteiger partial charge in [-0.15, -0.1) is 5.92 Å². The molecule has 2 aliphatic rings. The number of nitrogens with zero attached hydrogens (tertiary/aromatic N) is 2. The van der Waals surface area contributed by atoms with Crippen LogP contribution in [0.1, 0.15) is 47.9 Å². The van der Waals surface area contributed by atoms with Gasteiger partial charge in [0, 0.05) is 18.7 Å². The second-order valence-electron chi connectivity index (χ2n) is 8.70. The van der Waals surface area contributed by atoms with Crippen molar-refractivity contribution >= 4 is 17.8 Å². The van der Waals surface area contributed by atoms with Gasteiger partial charge in [-0.2, -0.15) is 0 Å². The molecule has 2 saturated heterocycles. The van der Waals surface area contributed by atoms with Gasteiger partial charge in [0.1, 0.15) is 5.54 Å². The second kappa shape index (κ2) is 9.53. The van der Waals surface area contributed by atoms with Gasteiger partial charge in [-0.05, 0) is 57.1 Å². The van der Waals surface area contributed by atoms with Gasteiger partial charge in [0.15, 0.2) is 5.76 Å². The molecule has 1 aromatic carbocycles. The molecule has 2 aromatic rings. The molecule has 4 rings (SSSR count). The van der Waals surface area contributed by atoms with Crippen LogP contribution in [0.15, 0.2) is 47.1 Å². The Bertz CT molecular complexity index is 1090. The maximum Gasteiger partial charge on any atom is 0.325 e. The molecule has 1 atom stereocenters. The number of furan rings is 1. The number of imide groups is 1. The zero-order valence-corrected chi connectivity index (χ0v) is 19.1. The smallest absolute Gasteiger partial charge is 0.325 e. The van der Waals surface area contributed by atoms with Crippen LogP contribution in [0.5, 0.6) is 0 Å². The minimum absolute atomic E-state index is 0.0704. The highest BCUT2D eigenvalue weighted by Crippen LogP contribution is 2.37. The minimum atomic E-state index is -0.988. The number of carbonyl (C=O) groups is 3. The third-order valence-electron chi connectivity index (χ3n) is 6.80. The molecular weight excluding hydrogens is 418 g/mol. The highest BCUT2D eigenvalue weighted by Gasteiger charge is 2.55. The van der Waals surface area contributed by atoms with Gasteiger partial charge in [-0.25, -0.2) is 4.79 Å². The molecule has 33 heavy (non-hydrogen) atoms. The molecule has 0 unspecified atom stereocenters. The topological polar surface area (TPSA) is 82.9 Å². The SMILES string of the molecule is CC#CCN1C(=O)N[C@](CCc2ccccc2)(C2CCN(C(=O)c3occc3C)CC2)C1=O. The van der Waals surface area contributed by atoms with E-state index in [4.69, 9.17) is 4.42 Å². The van der Waals surface area contributed by atoms with E-state index < -0.39 is 5.54 Å². The molecule has 172 valence electrons. The van der Waals surface area contributed by atoms with E-state index >= 15 is 0 Å². The Morgan fingerprint density at radius 3 is 2.55 bits per heavy atom.